The Kier molecular flexibility index (Phi) is 6.91. The topological polar surface area (TPSA) is 57.6 Å². The second kappa shape index (κ2) is 8.19. The highest BCUT2D eigenvalue weighted by Gasteiger charge is 2.25. The van der Waals surface area contributed by atoms with Crippen molar-refractivity contribution in [2.45, 2.75) is 32.7 Å². The quantitative estimate of drug-likeness (QED) is 0.802. The Morgan fingerprint density at radius 3 is 2.30 bits per heavy atom. The van der Waals surface area contributed by atoms with Crippen LogP contribution in [0.1, 0.15) is 32.3 Å². The number of hydrogen-bond acceptors (Lipinski definition) is 3. The Bertz CT molecular complexity index is 507. The van der Waals surface area contributed by atoms with Crippen LogP contribution in [-0.2, 0) is 10.0 Å². The first-order valence-corrected chi connectivity index (χ1v) is 8.41. The lowest BCUT2D eigenvalue weighted by Crippen LogP contribution is -2.40. The summed E-state index contributed by atoms with van der Waals surface area (Å²) >= 11 is 0. The Morgan fingerprint density at radius 1 is 1.20 bits per heavy atom. The van der Waals surface area contributed by atoms with Crippen LogP contribution >= 0.6 is 0 Å². The highest BCUT2D eigenvalue weighted by atomic mass is 32.2. The van der Waals surface area contributed by atoms with Crippen LogP contribution in [0.5, 0.6) is 0 Å². The van der Waals surface area contributed by atoms with Gasteiger partial charge < -0.3 is 5.11 Å². The maximum atomic E-state index is 12.4. The van der Waals surface area contributed by atoms with Gasteiger partial charge in [-0.15, -0.1) is 0 Å². The molecule has 0 saturated carbocycles. The zero-order valence-corrected chi connectivity index (χ0v) is 12.9. The molecule has 0 heterocycles. The summed E-state index contributed by atoms with van der Waals surface area (Å²) in [5, 5.41) is 10.3. The van der Waals surface area contributed by atoms with Gasteiger partial charge in [-0.05, 0) is 24.5 Å². The number of aliphatic hydroxyl groups excluding tert-OH is 1. The lowest BCUT2D eigenvalue weighted by atomic mass is 10.2. The second-order valence-electron chi connectivity index (χ2n) is 4.56. The normalized spacial score (nSPS) is 12.7. The molecule has 0 aromatic heterocycles. The van der Waals surface area contributed by atoms with Crippen molar-refractivity contribution in [2.24, 2.45) is 0 Å². The molecule has 112 valence electrons. The smallest absolute Gasteiger partial charge is 0.236 e. The molecular weight excluding hydrogens is 274 g/mol. The lowest BCUT2D eigenvalue weighted by Gasteiger charge is -2.27. The molecule has 0 bridgehead atoms. The summed E-state index contributed by atoms with van der Waals surface area (Å²) in [4.78, 5) is 0. The number of nitrogens with zero attached hydrogens (tertiary/aromatic N) is 1. The zero-order valence-electron chi connectivity index (χ0n) is 12.1. The molecule has 0 saturated heterocycles. The summed E-state index contributed by atoms with van der Waals surface area (Å²) in [7, 11) is -3.51. The highest BCUT2D eigenvalue weighted by molar-refractivity contribution is 7.92. The summed E-state index contributed by atoms with van der Waals surface area (Å²) < 4.78 is 26.1. The molecule has 1 aromatic carbocycles. The van der Waals surface area contributed by atoms with E-state index in [-0.39, 0.29) is 19.2 Å². The third-order valence-corrected chi connectivity index (χ3v) is 4.84. The molecular formula is C15H23NO3S. The molecule has 0 aliphatic rings. The molecule has 20 heavy (non-hydrogen) atoms. The standard InChI is InChI=1S/C15H23NO3S/c1-3-15(4-2)16(11-12-17)20(18,19)13-10-14-8-6-5-7-9-14/h5-10,13,15,17H,3-4,11-12H2,1-2H3. The third kappa shape index (κ3) is 4.74. The molecule has 5 heteroatoms. The number of sulfonamides is 1. The molecule has 4 nitrogen and oxygen atoms in total. The first kappa shape index (κ1) is 16.9. The predicted octanol–water partition coefficient (Wildman–Crippen LogP) is 2.47. The summed E-state index contributed by atoms with van der Waals surface area (Å²) in [5.41, 5.74) is 0.838. The second-order valence-corrected chi connectivity index (χ2v) is 6.33. The van der Waals surface area contributed by atoms with Crippen molar-refractivity contribution in [3.63, 3.8) is 0 Å². The minimum absolute atomic E-state index is 0.0763. The van der Waals surface area contributed by atoms with Crippen molar-refractivity contribution in [3.8, 4) is 0 Å². The van der Waals surface area contributed by atoms with Gasteiger partial charge in [0, 0.05) is 18.0 Å². The van der Waals surface area contributed by atoms with Gasteiger partial charge >= 0.3 is 0 Å². The molecule has 0 aliphatic carbocycles. The van der Waals surface area contributed by atoms with E-state index in [1.165, 1.54) is 9.71 Å². The van der Waals surface area contributed by atoms with E-state index >= 15 is 0 Å². The fourth-order valence-corrected chi connectivity index (χ4v) is 3.65. The van der Waals surface area contributed by atoms with E-state index in [9.17, 15) is 8.42 Å². The third-order valence-electron chi connectivity index (χ3n) is 3.23. The van der Waals surface area contributed by atoms with E-state index in [4.69, 9.17) is 5.11 Å². The molecule has 0 atom stereocenters. The van der Waals surface area contributed by atoms with Crippen molar-refractivity contribution in [1.82, 2.24) is 4.31 Å². The van der Waals surface area contributed by atoms with Crippen LogP contribution in [0.15, 0.2) is 35.7 Å². The summed E-state index contributed by atoms with van der Waals surface area (Å²) in [5.74, 6) is 0. The fraction of sp³-hybridized carbons (Fsp3) is 0.467. The van der Waals surface area contributed by atoms with Crippen LogP contribution in [0.4, 0.5) is 0 Å². The number of hydrogen-bond donors (Lipinski definition) is 1. The summed E-state index contributed by atoms with van der Waals surface area (Å²) in [6.07, 6.45) is 3.05. The van der Waals surface area contributed by atoms with E-state index in [1.54, 1.807) is 6.08 Å². The summed E-state index contributed by atoms with van der Waals surface area (Å²) in [6, 6.07) is 9.22. The highest BCUT2D eigenvalue weighted by Crippen LogP contribution is 2.16. The van der Waals surface area contributed by atoms with Gasteiger partial charge in [0.25, 0.3) is 0 Å². The average molecular weight is 297 g/mol. The minimum atomic E-state index is -3.51. The lowest BCUT2D eigenvalue weighted by molar-refractivity contribution is 0.221. The number of benzene rings is 1. The Balaban J connectivity index is 2.96. The first-order valence-electron chi connectivity index (χ1n) is 6.91. The fourth-order valence-electron chi connectivity index (χ4n) is 2.12. The van der Waals surface area contributed by atoms with Crippen molar-refractivity contribution >= 4 is 16.1 Å². The van der Waals surface area contributed by atoms with Crippen LogP contribution in [0.3, 0.4) is 0 Å². The molecule has 0 aliphatic heterocycles. The van der Waals surface area contributed by atoms with Crippen LogP contribution < -0.4 is 0 Å². The Labute approximate surface area is 121 Å². The average Bonchev–Trinajstić information content (AvgIpc) is 2.46. The van der Waals surface area contributed by atoms with E-state index in [2.05, 4.69) is 0 Å². The van der Waals surface area contributed by atoms with Crippen LogP contribution in [0, 0.1) is 0 Å². The van der Waals surface area contributed by atoms with Crippen LogP contribution in [-0.4, -0.2) is 37.0 Å². The van der Waals surface area contributed by atoms with E-state index in [0.29, 0.717) is 0 Å². The van der Waals surface area contributed by atoms with Crippen LogP contribution in [0.2, 0.25) is 0 Å². The van der Waals surface area contributed by atoms with Gasteiger partial charge in [0.05, 0.1) is 6.61 Å². The van der Waals surface area contributed by atoms with E-state index < -0.39 is 10.0 Å². The van der Waals surface area contributed by atoms with Gasteiger partial charge in [-0.3, -0.25) is 0 Å². The van der Waals surface area contributed by atoms with Gasteiger partial charge in [-0.1, -0.05) is 44.2 Å². The van der Waals surface area contributed by atoms with E-state index in [1.807, 2.05) is 44.2 Å². The van der Waals surface area contributed by atoms with Crippen LogP contribution in [0.25, 0.3) is 6.08 Å². The number of aliphatic hydroxyl groups is 1. The monoisotopic (exact) mass is 297 g/mol. The molecule has 0 spiro atoms. The maximum absolute atomic E-state index is 12.4. The van der Waals surface area contributed by atoms with Crippen molar-refractivity contribution in [1.29, 1.82) is 0 Å². The molecule has 1 rings (SSSR count). The minimum Gasteiger partial charge on any atom is -0.395 e. The Morgan fingerprint density at radius 2 is 1.80 bits per heavy atom. The summed E-state index contributed by atoms with van der Waals surface area (Å²) in [6.45, 7) is 3.87. The first-order chi connectivity index (χ1) is 9.55. The SMILES string of the molecule is CCC(CC)N(CCO)S(=O)(=O)C=Cc1ccccc1. The van der Waals surface area contributed by atoms with Crippen molar-refractivity contribution in [2.75, 3.05) is 13.2 Å². The van der Waals surface area contributed by atoms with Gasteiger partial charge in [0.1, 0.15) is 0 Å². The molecule has 1 aromatic rings. The molecule has 0 unspecified atom stereocenters. The molecule has 1 N–H and O–H groups in total. The predicted molar refractivity (Wildman–Crippen MR) is 82.6 cm³/mol. The Hall–Kier alpha value is -1.17. The van der Waals surface area contributed by atoms with Crippen molar-refractivity contribution in [3.05, 3.63) is 41.3 Å². The maximum Gasteiger partial charge on any atom is 0.236 e. The van der Waals surface area contributed by atoms with Gasteiger partial charge in [-0.25, -0.2) is 8.42 Å². The van der Waals surface area contributed by atoms with E-state index in [0.717, 1.165) is 18.4 Å². The largest absolute Gasteiger partial charge is 0.395 e. The number of rotatable bonds is 8. The zero-order chi connectivity index (χ0) is 15.0. The van der Waals surface area contributed by atoms with Gasteiger partial charge in [0.2, 0.25) is 10.0 Å². The molecule has 0 radical (unpaired) electrons. The molecule has 0 fully saturated rings. The van der Waals surface area contributed by atoms with Gasteiger partial charge in [-0.2, -0.15) is 4.31 Å². The van der Waals surface area contributed by atoms with Gasteiger partial charge in [0.15, 0.2) is 0 Å². The van der Waals surface area contributed by atoms with Crippen molar-refractivity contribution < 1.29 is 13.5 Å². The molecule has 0 amide bonds.